The Bertz CT molecular complexity index is 1100. The first-order valence-electron chi connectivity index (χ1n) is 11.3. The van der Waals surface area contributed by atoms with Crippen LogP contribution in [0.2, 0.25) is 0 Å². The molecule has 0 saturated carbocycles. The van der Waals surface area contributed by atoms with Gasteiger partial charge in [0, 0.05) is 32.0 Å². The minimum absolute atomic E-state index is 0.246. The Morgan fingerprint density at radius 3 is 2.38 bits per heavy atom. The van der Waals surface area contributed by atoms with Crippen LogP contribution in [0, 0.1) is 17.2 Å². The van der Waals surface area contributed by atoms with E-state index in [1.165, 1.54) is 17.3 Å². The van der Waals surface area contributed by atoms with Crippen LogP contribution in [0.1, 0.15) is 42.6 Å². The number of amides is 3. The van der Waals surface area contributed by atoms with Gasteiger partial charge in [0.15, 0.2) is 0 Å². The van der Waals surface area contributed by atoms with Crippen molar-refractivity contribution in [3.8, 4) is 6.07 Å². The average Bonchev–Trinajstić information content (AvgIpc) is 3.08. The molecule has 1 aromatic heterocycles. The molecule has 176 valence electrons. The quantitative estimate of drug-likeness (QED) is 0.475. The lowest BCUT2D eigenvalue weighted by Crippen LogP contribution is -2.42. The van der Waals surface area contributed by atoms with E-state index >= 15 is 0 Å². The number of esters is 1. The van der Waals surface area contributed by atoms with Crippen molar-refractivity contribution in [3.05, 3.63) is 47.8 Å². The standard InChI is InChI=1S/C24H26N6O4/c1-3-34-22(32)19-13-26-23(27-14-19)28-10-8-18(9-11-28)15-29-16(2)21(31)30(24(29)33)20-6-4-17(12-25)5-7-20/h4-7,13-14,16,18H,3,8-11,15H2,1-2H3. The van der Waals surface area contributed by atoms with Crippen molar-refractivity contribution in [2.75, 3.05) is 36.0 Å². The van der Waals surface area contributed by atoms with Gasteiger partial charge >= 0.3 is 12.0 Å². The van der Waals surface area contributed by atoms with Gasteiger partial charge in [-0.1, -0.05) is 0 Å². The summed E-state index contributed by atoms with van der Waals surface area (Å²) in [5.74, 6) is 0.0958. The van der Waals surface area contributed by atoms with Crippen LogP contribution in [0.5, 0.6) is 0 Å². The smallest absolute Gasteiger partial charge is 0.341 e. The van der Waals surface area contributed by atoms with E-state index in [2.05, 4.69) is 14.9 Å². The van der Waals surface area contributed by atoms with Crippen LogP contribution in [0.15, 0.2) is 36.7 Å². The normalized spacial score (nSPS) is 18.9. The highest BCUT2D eigenvalue weighted by Gasteiger charge is 2.44. The highest BCUT2D eigenvalue weighted by molar-refractivity contribution is 6.21. The maximum Gasteiger partial charge on any atom is 0.341 e. The second-order valence-corrected chi connectivity index (χ2v) is 8.37. The number of nitriles is 1. The minimum Gasteiger partial charge on any atom is -0.462 e. The Kier molecular flexibility index (Phi) is 6.72. The molecule has 1 unspecified atom stereocenters. The van der Waals surface area contributed by atoms with Crippen molar-refractivity contribution in [3.63, 3.8) is 0 Å². The third-order valence-electron chi connectivity index (χ3n) is 6.24. The molecular formula is C24H26N6O4. The van der Waals surface area contributed by atoms with Gasteiger partial charge < -0.3 is 14.5 Å². The van der Waals surface area contributed by atoms with Gasteiger partial charge in [-0.3, -0.25) is 4.79 Å². The molecule has 0 spiro atoms. The molecule has 0 radical (unpaired) electrons. The van der Waals surface area contributed by atoms with Crippen LogP contribution in [-0.2, 0) is 9.53 Å². The summed E-state index contributed by atoms with van der Waals surface area (Å²) >= 11 is 0. The van der Waals surface area contributed by atoms with Crippen LogP contribution in [0.4, 0.5) is 16.4 Å². The zero-order valence-corrected chi connectivity index (χ0v) is 19.2. The monoisotopic (exact) mass is 462 g/mol. The number of rotatable bonds is 6. The summed E-state index contributed by atoms with van der Waals surface area (Å²) in [5.41, 5.74) is 1.26. The fourth-order valence-electron chi connectivity index (χ4n) is 4.27. The first-order valence-corrected chi connectivity index (χ1v) is 11.3. The summed E-state index contributed by atoms with van der Waals surface area (Å²) in [7, 11) is 0. The van der Waals surface area contributed by atoms with Crippen LogP contribution < -0.4 is 9.80 Å². The van der Waals surface area contributed by atoms with Gasteiger partial charge in [0.1, 0.15) is 6.04 Å². The van der Waals surface area contributed by atoms with Gasteiger partial charge in [-0.25, -0.2) is 24.5 Å². The third-order valence-corrected chi connectivity index (χ3v) is 6.24. The Morgan fingerprint density at radius 1 is 1.15 bits per heavy atom. The van der Waals surface area contributed by atoms with Gasteiger partial charge in [0.25, 0.3) is 5.91 Å². The van der Waals surface area contributed by atoms with Gasteiger partial charge in [-0.2, -0.15) is 5.26 Å². The number of carbonyl (C=O) groups is 3. The number of ether oxygens (including phenoxy) is 1. The zero-order chi connectivity index (χ0) is 24.2. The molecule has 2 saturated heterocycles. The molecule has 2 aromatic rings. The van der Waals surface area contributed by atoms with Crippen molar-refractivity contribution in [1.82, 2.24) is 14.9 Å². The highest BCUT2D eigenvalue weighted by atomic mass is 16.5. The summed E-state index contributed by atoms with van der Waals surface area (Å²) in [4.78, 5) is 51.1. The predicted octanol–water partition coefficient (Wildman–Crippen LogP) is 2.60. The van der Waals surface area contributed by atoms with Crippen molar-refractivity contribution < 1.29 is 19.1 Å². The first kappa shape index (κ1) is 23.2. The number of benzene rings is 1. The van der Waals surface area contributed by atoms with Crippen LogP contribution in [-0.4, -0.2) is 65.1 Å². The number of imide groups is 1. The van der Waals surface area contributed by atoms with E-state index in [9.17, 15) is 14.4 Å². The van der Waals surface area contributed by atoms with Crippen molar-refractivity contribution in [1.29, 1.82) is 5.26 Å². The molecule has 1 aromatic carbocycles. The number of carbonyl (C=O) groups excluding carboxylic acids is 3. The molecule has 2 fully saturated rings. The second-order valence-electron chi connectivity index (χ2n) is 8.37. The molecule has 3 amide bonds. The van der Waals surface area contributed by atoms with E-state index < -0.39 is 12.0 Å². The molecule has 0 aliphatic carbocycles. The number of hydrogen-bond donors (Lipinski definition) is 0. The summed E-state index contributed by atoms with van der Waals surface area (Å²) in [6.07, 6.45) is 4.59. The fourth-order valence-corrected chi connectivity index (χ4v) is 4.27. The number of piperidine rings is 1. The summed E-state index contributed by atoms with van der Waals surface area (Å²) in [5, 5.41) is 8.97. The van der Waals surface area contributed by atoms with E-state index in [4.69, 9.17) is 10.00 Å². The molecule has 0 bridgehead atoms. The Labute approximate surface area is 197 Å². The summed E-state index contributed by atoms with van der Waals surface area (Å²) in [6, 6.07) is 7.60. The second kappa shape index (κ2) is 9.87. The number of urea groups is 1. The predicted molar refractivity (Wildman–Crippen MR) is 123 cm³/mol. The van der Waals surface area contributed by atoms with Crippen LogP contribution in [0.3, 0.4) is 0 Å². The lowest BCUT2D eigenvalue weighted by molar-refractivity contribution is -0.119. The summed E-state index contributed by atoms with van der Waals surface area (Å²) < 4.78 is 4.96. The molecule has 1 atom stereocenters. The first-order chi connectivity index (χ1) is 16.4. The minimum atomic E-state index is -0.542. The highest BCUT2D eigenvalue weighted by Crippen LogP contribution is 2.29. The Hall–Kier alpha value is -4.00. The number of hydrogen-bond acceptors (Lipinski definition) is 8. The maximum absolute atomic E-state index is 13.1. The third kappa shape index (κ3) is 4.55. The van der Waals surface area contributed by atoms with E-state index in [1.807, 2.05) is 6.07 Å². The number of aromatic nitrogens is 2. The average molecular weight is 463 g/mol. The lowest BCUT2D eigenvalue weighted by atomic mass is 9.96. The van der Waals surface area contributed by atoms with Crippen molar-refractivity contribution in [2.45, 2.75) is 32.7 Å². The molecule has 34 heavy (non-hydrogen) atoms. The van der Waals surface area contributed by atoms with E-state index in [0.29, 0.717) is 49.0 Å². The molecule has 2 aliphatic heterocycles. The zero-order valence-electron chi connectivity index (χ0n) is 19.2. The largest absolute Gasteiger partial charge is 0.462 e. The van der Waals surface area contributed by atoms with Crippen molar-refractivity contribution in [2.24, 2.45) is 5.92 Å². The number of anilines is 2. The summed E-state index contributed by atoms with van der Waals surface area (Å²) in [6.45, 7) is 5.71. The molecule has 4 rings (SSSR count). The molecule has 10 nitrogen and oxygen atoms in total. The maximum atomic E-state index is 13.1. The number of nitrogens with zero attached hydrogens (tertiary/aromatic N) is 6. The Balaban J connectivity index is 1.35. The molecule has 3 heterocycles. The van der Waals surface area contributed by atoms with E-state index in [0.717, 1.165) is 12.8 Å². The molecular weight excluding hydrogens is 436 g/mol. The van der Waals surface area contributed by atoms with Gasteiger partial charge in [-0.15, -0.1) is 0 Å². The topological polar surface area (TPSA) is 120 Å². The van der Waals surface area contributed by atoms with Gasteiger partial charge in [-0.05, 0) is 56.9 Å². The lowest BCUT2D eigenvalue weighted by Gasteiger charge is -2.34. The van der Waals surface area contributed by atoms with Crippen LogP contribution >= 0.6 is 0 Å². The van der Waals surface area contributed by atoms with Gasteiger partial charge in [0.05, 0.1) is 29.5 Å². The van der Waals surface area contributed by atoms with E-state index in [1.54, 1.807) is 43.0 Å². The SMILES string of the molecule is CCOC(=O)c1cnc(N2CCC(CN3C(=O)N(c4ccc(C#N)cc4)C(=O)C3C)CC2)nc1. The van der Waals surface area contributed by atoms with E-state index in [-0.39, 0.29) is 17.9 Å². The molecule has 0 N–H and O–H groups in total. The van der Waals surface area contributed by atoms with Gasteiger partial charge in [0.2, 0.25) is 5.95 Å². The van der Waals surface area contributed by atoms with Crippen molar-refractivity contribution >= 4 is 29.5 Å². The Morgan fingerprint density at radius 2 is 1.79 bits per heavy atom. The van der Waals surface area contributed by atoms with Crippen LogP contribution in [0.25, 0.3) is 0 Å². The fraction of sp³-hybridized carbons (Fsp3) is 0.417. The molecule has 10 heteroatoms. The molecule has 2 aliphatic rings.